The van der Waals surface area contributed by atoms with Gasteiger partial charge in [0, 0.05) is 23.7 Å². The van der Waals surface area contributed by atoms with Crippen molar-refractivity contribution in [3.63, 3.8) is 0 Å². The van der Waals surface area contributed by atoms with E-state index in [1.54, 1.807) is 0 Å². The lowest BCUT2D eigenvalue weighted by Gasteiger charge is -2.29. The SMILES string of the molecule is O=C(c1ccccc1)N1C[C@@H]2C[C@H](O)[C@@H](Br)c3cccc1c32. The molecule has 0 saturated heterocycles. The van der Waals surface area contributed by atoms with Gasteiger partial charge in [-0.15, -0.1) is 0 Å². The molecule has 1 N–H and O–H groups in total. The first-order valence-electron chi connectivity index (χ1n) is 7.48. The Morgan fingerprint density at radius 3 is 2.68 bits per heavy atom. The second kappa shape index (κ2) is 5.21. The van der Waals surface area contributed by atoms with Gasteiger partial charge in [0.2, 0.25) is 0 Å². The van der Waals surface area contributed by atoms with Crippen LogP contribution in [-0.2, 0) is 0 Å². The van der Waals surface area contributed by atoms with Crippen LogP contribution in [0.2, 0.25) is 0 Å². The normalized spacial score (nSPS) is 25.9. The predicted molar refractivity (Wildman–Crippen MR) is 89.6 cm³/mol. The summed E-state index contributed by atoms with van der Waals surface area (Å²) < 4.78 is 0. The van der Waals surface area contributed by atoms with Crippen molar-refractivity contribution in [2.24, 2.45) is 0 Å². The molecule has 22 heavy (non-hydrogen) atoms. The van der Waals surface area contributed by atoms with Crippen molar-refractivity contribution in [3.8, 4) is 0 Å². The highest BCUT2D eigenvalue weighted by atomic mass is 79.9. The average Bonchev–Trinajstić information content (AvgIpc) is 2.92. The van der Waals surface area contributed by atoms with Gasteiger partial charge < -0.3 is 10.0 Å². The summed E-state index contributed by atoms with van der Waals surface area (Å²) in [4.78, 5) is 14.6. The van der Waals surface area contributed by atoms with Crippen LogP contribution in [0.5, 0.6) is 0 Å². The molecule has 2 aromatic carbocycles. The van der Waals surface area contributed by atoms with E-state index in [4.69, 9.17) is 0 Å². The van der Waals surface area contributed by atoms with Gasteiger partial charge in [0.05, 0.1) is 10.9 Å². The third-order valence-electron chi connectivity index (χ3n) is 4.65. The molecule has 0 radical (unpaired) electrons. The molecular weight excluding hydrogens is 342 g/mol. The van der Waals surface area contributed by atoms with Crippen molar-refractivity contribution in [1.29, 1.82) is 0 Å². The van der Waals surface area contributed by atoms with Crippen molar-refractivity contribution in [2.75, 3.05) is 11.4 Å². The fourth-order valence-electron chi connectivity index (χ4n) is 3.64. The summed E-state index contributed by atoms with van der Waals surface area (Å²) in [6, 6.07) is 15.4. The van der Waals surface area contributed by atoms with Crippen molar-refractivity contribution < 1.29 is 9.90 Å². The number of alkyl halides is 1. The summed E-state index contributed by atoms with van der Waals surface area (Å²) in [5.41, 5.74) is 4.03. The first-order chi connectivity index (χ1) is 10.7. The monoisotopic (exact) mass is 357 g/mol. The van der Waals surface area contributed by atoms with E-state index in [2.05, 4.69) is 15.9 Å². The maximum atomic E-state index is 12.8. The number of hydrogen-bond acceptors (Lipinski definition) is 2. The molecule has 112 valence electrons. The molecule has 0 aromatic heterocycles. The Balaban J connectivity index is 1.78. The molecule has 0 bridgehead atoms. The molecule has 1 heterocycles. The van der Waals surface area contributed by atoms with E-state index in [-0.39, 0.29) is 16.7 Å². The van der Waals surface area contributed by atoms with Gasteiger partial charge in [0.1, 0.15) is 0 Å². The van der Waals surface area contributed by atoms with Crippen LogP contribution in [0.15, 0.2) is 48.5 Å². The van der Waals surface area contributed by atoms with E-state index in [9.17, 15) is 9.90 Å². The van der Waals surface area contributed by atoms with E-state index in [1.807, 2.05) is 53.4 Å². The van der Waals surface area contributed by atoms with Crippen molar-refractivity contribution in [3.05, 3.63) is 65.2 Å². The van der Waals surface area contributed by atoms with E-state index in [0.717, 1.165) is 11.3 Å². The number of anilines is 1. The average molecular weight is 358 g/mol. The van der Waals surface area contributed by atoms with Crippen LogP contribution in [-0.4, -0.2) is 23.7 Å². The summed E-state index contributed by atoms with van der Waals surface area (Å²) in [6.45, 7) is 0.650. The van der Waals surface area contributed by atoms with Gasteiger partial charge in [-0.25, -0.2) is 0 Å². The van der Waals surface area contributed by atoms with Gasteiger partial charge in [-0.05, 0) is 35.7 Å². The fourth-order valence-corrected chi connectivity index (χ4v) is 4.26. The Morgan fingerprint density at radius 1 is 1.14 bits per heavy atom. The van der Waals surface area contributed by atoms with Crippen molar-refractivity contribution in [2.45, 2.75) is 23.3 Å². The molecule has 1 aliphatic heterocycles. The second-order valence-electron chi connectivity index (χ2n) is 5.96. The summed E-state index contributed by atoms with van der Waals surface area (Å²) in [5.74, 6) is 0.256. The van der Waals surface area contributed by atoms with Crippen molar-refractivity contribution >= 4 is 27.5 Å². The Hall–Kier alpha value is -1.65. The molecule has 0 spiro atoms. The Morgan fingerprint density at radius 2 is 1.91 bits per heavy atom. The highest BCUT2D eigenvalue weighted by molar-refractivity contribution is 9.09. The van der Waals surface area contributed by atoms with Crippen LogP contribution in [0.25, 0.3) is 0 Å². The zero-order chi connectivity index (χ0) is 15.3. The van der Waals surface area contributed by atoms with Crippen LogP contribution in [0, 0.1) is 0 Å². The van der Waals surface area contributed by atoms with Gasteiger partial charge in [0.25, 0.3) is 5.91 Å². The topological polar surface area (TPSA) is 40.5 Å². The molecule has 3 atom stereocenters. The smallest absolute Gasteiger partial charge is 0.258 e. The molecule has 1 amide bonds. The highest BCUT2D eigenvalue weighted by Crippen LogP contribution is 2.50. The van der Waals surface area contributed by atoms with Crippen LogP contribution >= 0.6 is 15.9 Å². The van der Waals surface area contributed by atoms with Gasteiger partial charge in [-0.3, -0.25) is 4.79 Å². The first-order valence-corrected chi connectivity index (χ1v) is 8.40. The molecule has 4 rings (SSSR count). The van der Waals surface area contributed by atoms with E-state index in [1.165, 1.54) is 5.56 Å². The first kappa shape index (κ1) is 14.0. The van der Waals surface area contributed by atoms with Crippen molar-refractivity contribution in [1.82, 2.24) is 0 Å². The summed E-state index contributed by atoms with van der Waals surface area (Å²) in [5, 5.41) is 10.2. The van der Waals surface area contributed by atoms with Gasteiger partial charge >= 0.3 is 0 Å². The lowest BCUT2D eigenvalue weighted by molar-refractivity contribution is 0.0984. The molecular formula is C18H16BrNO2. The van der Waals surface area contributed by atoms with Crippen LogP contribution in [0.4, 0.5) is 5.69 Å². The third-order valence-corrected chi connectivity index (χ3v) is 5.75. The number of aliphatic hydroxyl groups is 1. The van der Waals surface area contributed by atoms with E-state index >= 15 is 0 Å². The lowest BCUT2D eigenvalue weighted by Crippen LogP contribution is -2.31. The number of halogens is 1. The number of carbonyl (C=O) groups is 1. The lowest BCUT2D eigenvalue weighted by atomic mass is 9.82. The maximum Gasteiger partial charge on any atom is 0.258 e. The molecule has 2 aliphatic rings. The highest BCUT2D eigenvalue weighted by Gasteiger charge is 2.41. The summed E-state index contributed by atoms with van der Waals surface area (Å²) in [6.07, 6.45) is 0.290. The number of nitrogens with zero attached hydrogens (tertiary/aromatic N) is 1. The minimum atomic E-state index is -0.403. The molecule has 4 heteroatoms. The third kappa shape index (κ3) is 2.02. The molecule has 0 fully saturated rings. The Kier molecular flexibility index (Phi) is 3.31. The Labute approximate surface area is 137 Å². The summed E-state index contributed by atoms with van der Waals surface area (Å²) >= 11 is 3.59. The standard InChI is InChI=1S/C18H16BrNO2/c19-17-13-7-4-8-14-16(13)12(9-15(17)21)10-20(14)18(22)11-5-2-1-3-6-11/h1-8,12,15,17,21H,9-10H2/t12-,15-,17-/m0/s1. The number of amides is 1. The number of rotatable bonds is 1. The van der Waals surface area contributed by atoms with Crippen LogP contribution < -0.4 is 4.90 Å². The predicted octanol–water partition coefficient (Wildman–Crippen LogP) is 3.63. The second-order valence-corrected chi connectivity index (χ2v) is 6.95. The number of hydrogen-bond donors (Lipinski definition) is 1. The zero-order valence-electron chi connectivity index (χ0n) is 11.9. The minimum Gasteiger partial charge on any atom is -0.392 e. The molecule has 3 nitrogen and oxygen atoms in total. The molecule has 0 unspecified atom stereocenters. The number of aliphatic hydroxyl groups excluding tert-OH is 1. The van der Waals surface area contributed by atoms with Gasteiger partial charge in [-0.1, -0.05) is 46.3 Å². The Bertz CT molecular complexity index is 731. The van der Waals surface area contributed by atoms with Crippen LogP contribution in [0.1, 0.15) is 38.7 Å². The van der Waals surface area contributed by atoms with E-state index < -0.39 is 6.10 Å². The van der Waals surface area contributed by atoms with Gasteiger partial charge in [-0.2, -0.15) is 0 Å². The fraction of sp³-hybridized carbons (Fsp3) is 0.278. The maximum absolute atomic E-state index is 12.8. The quantitative estimate of drug-likeness (QED) is 0.791. The van der Waals surface area contributed by atoms with E-state index in [0.29, 0.717) is 18.5 Å². The largest absolute Gasteiger partial charge is 0.392 e. The zero-order valence-corrected chi connectivity index (χ0v) is 13.5. The molecule has 0 saturated carbocycles. The number of benzene rings is 2. The molecule has 2 aromatic rings. The van der Waals surface area contributed by atoms with Gasteiger partial charge in [0.15, 0.2) is 0 Å². The van der Waals surface area contributed by atoms with Crippen LogP contribution in [0.3, 0.4) is 0 Å². The summed E-state index contributed by atoms with van der Waals surface area (Å²) in [7, 11) is 0. The number of carbonyl (C=O) groups excluding carboxylic acids is 1. The molecule has 1 aliphatic carbocycles. The minimum absolute atomic E-state index is 0.0315.